The molecule has 0 saturated carbocycles. The highest BCUT2D eigenvalue weighted by Crippen LogP contribution is 2.15. The Morgan fingerprint density at radius 2 is 1.68 bits per heavy atom. The third kappa shape index (κ3) is 4.02. The molecule has 0 fully saturated rings. The van der Waals surface area contributed by atoms with Crippen LogP contribution in [-0.2, 0) is 14.8 Å². The summed E-state index contributed by atoms with van der Waals surface area (Å²) in [6.07, 6.45) is -1.34. The first-order chi connectivity index (χ1) is 8.63. The van der Waals surface area contributed by atoms with Crippen LogP contribution in [0.2, 0.25) is 0 Å². The number of benzene rings is 1. The van der Waals surface area contributed by atoms with Crippen LogP contribution in [0.3, 0.4) is 0 Å². The quantitative estimate of drug-likeness (QED) is 0.728. The molecule has 0 spiro atoms. The maximum absolute atomic E-state index is 12.1. The van der Waals surface area contributed by atoms with Crippen molar-refractivity contribution in [3.63, 3.8) is 0 Å². The Bertz CT molecular complexity index is 560. The fourth-order valence-electron chi connectivity index (χ4n) is 1.68. The van der Waals surface area contributed by atoms with Crippen LogP contribution < -0.4 is 4.72 Å². The lowest BCUT2D eigenvalue weighted by molar-refractivity contribution is -0.141. The number of hydrogen-bond donors (Lipinski definition) is 3. The Labute approximate surface area is 112 Å². The summed E-state index contributed by atoms with van der Waals surface area (Å²) in [7, 11) is -3.99. The molecule has 0 bridgehead atoms. The summed E-state index contributed by atoms with van der Waals surface area (Å²) >= 11 is 0. The number of aryl methyl sites for hydroxylation is 2. The van der Waals surface area contributed by atoms with Gasteiger partial charge in [-0.05, 0) is 44.0 Å². The zero-order valence-corrected chi connectivity index (χ0v) is 11.7. The Kier molecular flexibility index (Phi) is 4.67. The molecule has 1 aromatic carbocycles. The van der Waals surface area contributed by atoms with Crippen LogP contribution in [0.15, 0.2) is 23.1 Å². The van der Waals surface area contributed by atoms with Gasteiger partial charge in [0, 0.05) is 0 Å². The van der Waals surface area contributed by atoms with E-state index in [1.165, 1.54) is 19.1 Å². The first kappa shape index (κ1) is 15.6. The van der Waals surface area contributed by atoms with Gasteiger partial charge < -0.3 is 10.2 Å². The van der Waals surface area contributed by atoms with Gasteiger partial charge in [-0.2, -0.15) is 4.72 Å². The normalized spacial score (nSPS) is 14.9. The summed E-state index contributed by atoms with van der Waals surface area (Å²) in [5.74, 6) is -1.43. The monoisotopic (exact) mass is 287 g/mol. The van der Waals surface area contributed by atoms with Gasteiger partial charge in [0.25, 0.3) is 0 Å². The number of aliphatic hydroxyl groups is 1. The van der Waals surface area contributed by atoms with Crippen LogP contribution in [0.4, 0.5) is 0 Å². The van der Waals surface area contributed by atoms with E-state index in [1.54, 1.807) is 13.8 Å². The molecule has 0 aliphatic rings. The SMILES string of the molecule is Cc1cc(C)cc(S(=O)(=O)NC(C(=O)O)C(C)O)c1. The van der Waals surface area contributed by atoms with Gasteiger partial charge >= 0.3 is 5.97 Å². The van der Waals surface area contributed by atoms with Crippen molar-refractivity contribution in [3.05, 3.63) is 29.3 Å². The Hall–Kier alpha value is -1.44. The Balaban J connectivity index is 3.13. The fourth-order valence-corrected chi connectivity index (χ4v) is 3.13. The standard InChI is InChI=1S/C12H17NO5S/c1-7-4-8(2)6-10(5-7)19(17,18)13-11(9(3)14)12(15)16/h4-6,9,11,13-14H,1-3H3,(H,15,16). The second kappa shape index (κ2) is 5.68. The summed E-state index contributed by atoms with van der Waals surface area (Å²) in [5, 5.41) is 18.2. The molecule has 0 amide bonds. The number of carboxylic acids is 1. The van der Waals surface area contributed by atoms with Crippen molar-refractivity contribution in [2.45, 2.75) is 37.8 Å². The lowest BCUT2D eigenvalue weighted by Crippen LogP contribution is -2.47. The van der Waals surface area contributed by atoms with Gasteiger partial charge in [-0.1, -0.05) is 6.07 Å². The van der Waals surface area contributed by atoms with E-state index in [1.807, 2.05) is 10.8 Å². The minimum atomic E-state index is -3.99. The zero-order valence-electron chi connectivity index (χ0n) is 10.9. The molecule has 0 heterocycles. The molecule has 1 aromatic rings. The summed E-state index contributed by atoms with van der Waals surface area (Å²) < 4.78 is 26.1. The van der Waals surface area contributed by atoms with Gasteiger partial charge in [-0.3, -0.25) is 4.79 Å². The fraction of sp³-hybridized carbons (Fsp3) is 0.417. The zero-order chi connectivity index (χ0) is 14.8. The predicted octanol–water partition coefficient (Wildman–Crippen LogP) is 0.416. The van der Waals surface area contributed by atoms with E-state index in [0.29, 0.717) is 0 Å². The van der Waals surface area contributed by atoms with E-state index in [4.69, 9.17) is 5.11 Å². The molecule has 0 aliphatic heterocycles. The van der Waals surface area contributed by atoms with Crippen molar-refractivity contribution in [1.29, 1.82) is 0 Å². The summed E-state index contributed by atoms with van der Waals surface area (Å²) in [6.45, 7) is 4.70. The molecule has 106 valence electrons. The molecular weight excluding hydrogens is 270 g/mol. The van der Waals surface area contributed by atoms with Crippen LogP contribution in [0.1, 0.15) is 18.1 Å². The van der Waals surface area contributed by atoms with Crippen LogP contribution in [-0.4, -0.2) is 36.7 Å². The highest BCUT2D eigenvalue weighted by Gasteiger charge is 2.29. The number of aliphatic carboxylic acids is 1. The molecule has 6 nitrogen and oxygen atoms in total. The van der Waals surface area contributed by atoms with Crippen molar-refractivity contribution >= 4 is 16.0 Å². The molecule has 7 heteroatoms. The molecule has 19 heavy (non-hydrogen) atoms. The van der Waals surface area contributed by atoms with Crippen molar-refractivity contribution in [2.24, 2.45) is 0 Å². The van der Waals surface area contributed by atoms with E-state index < -0.39 is 28.1 Å². The van der Waals surface area contributed by atoms with E-state index in [-0.39, 0.29) is 4.90 Å². The van der Waals surface area contributed by atoms with Crippen LogP contribution >= 0.6 is 0 Å². The Morgan fingerprint density at radius 3 is 2.05 bits per heavy atom. The highest BCUT2D eigenvalue weighted by atomic mass is 32.2. The second-order valence-electron chi connectivity index (χ2n) is 4.50. The lowest BCUT2D eigenvalue weighted by Gasteiger charge is -2.17. The van der Waals surface area contributed by atoms with Gasteiger partial charge in [-0.15, -0.1) is 0 Å². The topological polar surface area (TPSA) is 104 Å². The number of sulfonamides is 1. The first-order valence-corrected chi connectivity index (χ1v) is 7.13. The van der Waals surface area contributed by atoms with Crippen molar-refractivity contribution in [3.8, 4) is 0 Å². The molecule has 3 N–H and O–H groups in total. The van der Waals surface area contributed by atoms with E-state index in [2.05, 4.69) is 0 Å². The second-order valence-corrected chi connectivity index (χ2v) is 6.22. The third-order valence-electron chi connectivity index (χ3n) is 2.54. The molecule has 0 radical (unpaired) electrons. The predicted molar refractivity (Wildman–Crippen MR) is 69.3 cm³/mol. The molecule has 2 atom stereocenters. The smallest absolute Gasteiger partial charge is 0.324 e. The van der Waals surface area contributed by atoms with E-state index in [0.717, 1.165) is 11.1 Å². The van der Waals surface area contributed by atoms with Crippen LogP contribution in [0.25, 0.3) is 0 Å². The molecule has 1 rings (SSSR count). The number of carbonyl (C=O) groups is 1. The summed E-state index contributed by atoms with van der Waals surface area (Å²) in [6, 6.07) is 3.11. The van der Waals surface area contributed by atoms with Crippen molar-refractivity contribution in [2.75, 3.05) is 0 Å². The van der Waals surface area contributed by atoms with Gasteiger partial charge in [0.2, 0.25) is 10.0 Å². The number of nitrogens with one attached hydrogen (secondary N) is 1. The van der Waals surface area contributed by atoms with E-state index in [9.17, 15) is 18.3 Å². The minimum absolute atomic E-state index is 0.0168. The largest absolute Gasteiger partial charge is 0.480 e. The average molecular weight is 287 g/mol. The summed E-state index contributed by atoms with van der Waals surface area (Å²) in [5.41, 5.74) is 1.51. The molecular formula is C12H17NO5S. The molecule has 2 unspecified atom stereocenters. The number of rotatable bonds is 5. The molecule has 0 aromatic heterocycles. The maximum Gasteiger partial charge on any atom is 0.324 e. The van der Waals surface area contributed by atoms with Crippen LogP contribution in [0.5, 0.6) is 0 Å². The van der Waals surface area contributed by atoms with Crippen molar-refractivity contribution in [1.82, 2.24) is 4.72 Å². The number of hydrogen-bond acceptors (Lipinski definition) is 4. The third-order valence-corrected chi connectivity index (χ3v) is 3.96. The van der Waals surface area contributed by atoms with Gasteiger partial charge in [-0.25, -0.2) is 8.42 Å². The highest BCUT2D eigenvalue weighted by molar-refractivity contribution is 7.89. The molecule has 0 saturated heterocycles. The van der Waals surface area contributed by atoms with Crippen molar-refractivity contribution < 1.29 is 23.4 Å². The van der Waals surface area contributed by atoms with Gasteiger partial charge in [0.15, 0.2) is 0 Å². The average Bonchev–Trinajstić information content (AvgIpc) is 2.23. The number of aliphatic hydroxyl groups excluding tert-OH is 1. The van der Waals surface area contributed by atoms with Crippen LogP contribution in [0, 0.1) is 13.8 Å². The Morgan fingerprint density at radius 1 is 1.21 bits per heavy atom. The number of carboxylic acid groups (broad SMARTS) is 1. The molecule has 0 aliphatic carbocycles. The van der Waals surface area contributed by atoms with Gasteiger partial charge in [0.1, 0.15) is 6.04 Å². The minimum Gasteiger partial charge on any atom is -0.480 e. The lowest BCUT2D eigenvalue weighted by atomic mass is 10.2. The summed E-state index contributed by atoms with van der Waals surface area (Å²) in [4.78, 5) is 10.9. The van der Waals surface area contributed by atoms with E-state index >= 15 is 0 Å². The van der Waals surface area contributed by atoms with Gasteiger partial charge in [0.05, 0.1) is 11.0 Å². The first-order valence-electron chi connectivity index (χ1n) is 5.65. The maximum atomic E-state index is 12.1.